The zero-order valence-corrected chi connectivity index (χ0v) is 14.8. The van der Waals surface area contributed by atoms with Crippen LogP contribution in [0.3, 0.4) is 0 Å². The Bertz CT molecular complexity index is 856. The first-order chi connectivity index (χ1) is 12.7. The predicted octanol–water partition coefficient (Wildman–Crippen LogP) is 2.70. The van der Waals surface area contributed by atoms with Gasteiger partial charge in [-0.05, 0) is 30.2 Å². The summed E-state index contributed by atoms with van der Waals surface area (Å²) in [5, 5.41) is 0. The van der Waals surface area contributed by atoms with Crippen molar-refractivity contribution in [3.05, 3.63) is 66.0 Å². The van der Waals surface area contributed by atoms with Crippen LogP contribution < -0.4 is 5.73 Å². The van der Waals surface area contributed by atoms with E-state index in [2.05, 4.69) is 34.2 Å². The summed E-state index contributed by atoms with van der Waals surface area (Å²) in [6.07, 6.45) is 1.10. The summed E-state index contributed by atoms with van der Waals surface area (Å²) in [7, 11) is 0. The third-order valence-corrected chi connectivity index (χ3v) is 5.34. The molecule has 0 aliphatic carbocycles. The van der Waals surface area contributed by atoms with Crippen molar-refractivity contribution in [2.75, 3.05) is 19.6 Å². The molecule has 1 fully saturated rings. The molecule has 0 saturated carbocycles. The smallest absolute Gasteiger partial charge is 0.223 e. The lowest BCUT2D eigenvalue weighted by atomic mass is 9.89. The average molecular weight is 348 g/mol. The predicted molar refractivity (Wildman–Crippen MR) is 103 cm³/mol. The van der Waals surface area contributed by atoms with Crippen molar-refractivity contribution in [1.82, 2.24) is 14.9 Å². The molecular weight excluding hydrogens is 324 g/mol. The fourth-order valence-electron chi connectivity index (χ4n) is 3.90. The highest BCUT2D eigenvalue weighted by Gasteiger charge is 2.34. The number of aromatic amines is 1. The van der Waals surface area contributed by atoms with Crippen molar-refractivity contribution in [2.24, 2.45) is 11.7 Å². The number of H-pyrrole nitrogens is 1. The van der Waals surface area contributed by atoms with E-state index in [1.165, 1.54) is 5.56 Å². The average Bonchev–Trinajstić information content (AvgIpc) is 3.30. The van der Waals surface area contributed by atoms with E-state index in [9.17, 15) is 4.79 Å². The van der Waals surface area contributed by atoms with Gasteiger partial charge >= 0.3 is 0 Å². The molecule has 4 rings (SSSR count). The van der Waals surface area contributed by atoms with Crippen LogP contribution in [0, 0.1) is 5.92 Å². The molecule has 134 valence electrons. The second kappa shape index (κ2) is 7.30. The molecule has 0 bridgehead atoms. The SMILES string of the molecule is NC[C@@H]1CN(C(=O)CCc2nc3ccccc3[nH]2)C[C@H]1c1ccccc1. The third-order valence-electron chi connectivity index (χ3n) is 5.34. The Morgan fingerprint density at radius 2 is 1.88 bits per heavy atom. The van der Waals surface area contributed by atoms with E-state index in [-0.39, 0.29) is 5.91 Å². The van der Waals surface area contributed by atoms with Gasteiger partial charge < -0.3 is 15.6 Å². The molecule has 0 unspecified atom stereocenters. The fourth-order valence-corrected chi connectivity index (χ4v) is 3.90. The lowest BCUT2D eigenvalue weighted by molar-refractivity contribution is -0.130. The highest BCUT2D eigenvalue weighted by molar-refractivity contribution is 5.77. The van der Waals surface area contributed by atoms with Gasteiger partial charge in [-0.2, -0.15) is 0 Å². The number of carbonyl (C=O) groups excluding carboxylic acids is 1. The van der Waals surface area contributed by atoms with E-state index in [1.807, 2.05) is 35.2 Å². The number of fused-ring (bicyclic) bond motifs is 1. The van der Waals surface area contributed by atoms with E-state index >= 15 is 0 Å². The molecule has 0 radical (unpaired) electrons. The molecule has 1 aliphatic rings. The van der Waals surface area contributed by atoms with Crippen LogP contribution in [0.25, 0.3) is 11.0 Å². The van der Waals surface area contributed by atoms with Crippen molar-refractivity contribution in [1.29, 1.82) is 0 Å². The number of nitrogens with one attached hydrogen (secondary N) is 1. The highest BCUT2D eigenvalue weighted by Crippen LogP contribution is 2.32. The van der Waals surface area contributed by atoms with Crippen LogP contribution >= 0.6 is 0 Å². The second-order valence-corrected chi connectivity index (χ2v) is 7.01. The summed E-state index contributed by atoms with van der Waals surface area (Å²) in [4.78, 5) is 22.5. The first kappa shape index (κ1) is 16.8. The summed E-state index contributed by atoms with van der Waals surface area (Å²) >= 11 is 0. The Hall–Kier alpha value is -2.66. The largest absolute Gasteiger partial charge is 0.342 e. The molecule has 5 heteroatoms. The summed E-state index contributed by atoms with van der Waals surface area (Å²) in [6.45, 7) is 2.10. The Labute approximate surface area is 153 Å². The summed E-state index contributed by atoms with van der Waals surface area (Å²) in [5.41, 5.74) is 9.22. The topological polar surface area (TPSA) is 75.0 Å². The molecule has 1 amide bonds. The molecule has 2 heterocycles. The molecule has 26 heavy (non-hydrogen) atoms. The lowest BCUT2D eigenvalue weighted by Gasteiger charge is -2.16. The number of amides is 1. The van der Waals surface area contributed by atoms with Gasteiger partial charge in [0.1, 0.15) is 5.82 Å². The van der Waals surface area contributed by atoms with E-state index in [1.54, 1.807) is 0 Å². The van der Waals surface area contributed by atoms with Gasteiger partial charge in [-0.3, -0.25) is 4.79 Å². The highest BCUT2D eigenvalue weighted by atomic mass is 16.2. The maximum Gasteiger partial charge on any atom is 0.223 e. The number of hydrogen-bond acceptors (Lipinski definition) is 3. The minimum absolute atomic E-state index is 0.183. The van der Waals surface area contributed by atoms with Crippen LogP contribution in [0.15, 0.2) is 54.6 Å². The lowest BCUT2D eigenvalue weighted by Crippen LogP contribution is -2.30. The molecule has 1 aliphatic heterocycles. The van der Waals surface area contributed by atoms with E-state index in [4.69, 9.17) is 5.73 Å². The molecule has 3 N–H and O–H groups in total. The van der Waals surface area contributed by atoms with Crippen molar-refractivity contribution in [3.8, 4) is 0 Å². The van der Waals surface area contributed by atoms with Crippen LogP contribution in [-0.4, -0.2) is 40.4 Å². The summed E-state index contributed by atoms with van der Waals surface area (Å²) in [5.74, 6) is 1.71. The van der Waals surface area contributed by atoms with Gasteiger partial charge in [-0.15, -0.1) is 0 Å². The maximum atomic E-state index is 12.7. The first-order valence-electron chi connectivity index (χ1n) is 9.21. The van der Waals surface area contributed by atoms with E-state index in [0.717, 1.165) is 29.9 Å². The number of aromatic nitrogens is 2. The molecule has 2 atom stereocenters. The van der Waals surface area contributed by atoms with E-state index in [0.29, 0.717) is 31.2 Å². The Kier molecular flexibility index (Phi) is 4.71. The van der Waals surface area contributed by atoms with Gasteiger partial charge in [0.25, 0.3) is 0 Å². The molecule has 1 aromatic heterocycles. The zero-order valence-electron chi connectivity index (χ0n) is 14.8. The van der Waals surface area contributed by atoms with Gasteiger partial charge in [0.05, 0.1) is 11.0 Å². The molecule has 3 aromatic rings. The van der Waals surface area contributed by atoms with Crippen LogP contribution in [0.1, 0.15) is 23.7 Å². The number of likely N-dealkylation sites (tertiary alicyclic amines) is 1. The number of nitrogens with zero attached hydrogens (tertiary/aromatic N) is 2. The van der Waals surface area contributed by atoms with Gasteiger partial charge in [0, 0.05) is 31.8 Å². The van der Waals surface area contributed by atoms with Gasteiger partial charge in [0.15, 0.2) is 0 Å². The van der Waals surface area contributed by atoms with Crippen LogP contribution in [0.5, 0.6) is 0 Å². The van der Waals surface area contributed by atoms with Crippen molar-refractivity contribution < 1.29 is 4.79 Å². The number of nitrogens with two attached hydrogens (primary N) is 1. The first-order valence-corrected chi connectivity index (χ1v) is 9.21. The molecular formula is C21H24N4O. The minimum Gasteiger partial charge on any atom is -0.342 e. The number of aryl methyl sites for hydroxylation is 1. The Morgan fingerprint density at radius 3 is 2.65 bits per heavy atom. The standard InChI is InChI=1S/C21H24N4O/c22-12-16-13-25(14-17(16)15-6-2-1-3-7-15)21(26)11-10-20-23-18-8-4-5-9-19(18)24-20/h1-9,16-17H,10-14,22H2,(H,23,24)/t16-,17+/m1/s1. The molecule has 0 spiro atoms. The van der Waals surface area contributed by atoms with Gasteiger partial charge in [0.2, 0.25) is 5.91 Å². The van der Waals surface area contributed by atoms with Crippen LogP contribution in [-0.2, 0) is 11.2 Å². The second-order valence-electron chi connectivity index (χ2n) is 7.01. The normalized spacial score (nSPS) is 20.0. The number of rotatable bonds is 5. The maximum absolute atomic E-state index is 12.7. The number of imidazole rings is 1. The van der Waals surface area contributed by atoms with Gasteiger partial charge in [-0.25, -0.2) is 4.98 Å². The number of benzene rings is 2. The Morgan fingerprint density at radius 1 is 1.12 bits per heavy atom. The summed E-state index contributed by atoms with van der Waals surface area (Å²) in [6, 6.07) is 18.3. The fraction of sp³-hybridized carbons (Fsp3) is 0.333. The molecule has 1 saturated heterocycles. The third kappa shape index (κ3) is 3.35. The monoisotopic (exact) mass is 348 g/mol. The van der Waals surface area contributed by atoms with Gasteiger partial charge in [-0.1, -0.05) is 42.5 Å². The summed E-state index contributed by atoms with van der Waals surface area (Å²) < 4.78 is 0. The molecule has 2 aromatic carbocycles. The van der Waals surface area contributed by atoms with Crippen molar-refractivity contribution in [3.63, 3.8) is 0 Å². The van der Waals surface area contributed by atoms with Crippen molar-refractivity contribution in [2.45, 2.75) is 18.8 Å². The minimum atomic E-state index is 0.183. The van der Waals surface area contributed by atoms with Crippen LogP contribution in [0.4, 0.5) is 0 Å². The quantitative estimate of drug-likeness (QED) is 0.744. The molecule has 5 nitrogen and oxygen atoms in total. The number of hydrogen-bond donors (Lipinski definition) is 2. The van der Waals surface area contributed by atoms with Crippen LogP contribution in [0.2, 0.25) is 0 Å². The van der Waals surface area contributed by atoms with Crippen molar-refractivity contribution >= 4 is 16.9 Å². The zero-order chi connectivity index (χ0) is 17.9. The Balaban J connectivity index is 1.40. The number of carbonyl (C=O) groups is 1. The number of para-hydroxylation sites is 2. The van der Waals surface area contributed by atoms with E-state index < -0.39 is 0 Å².